The molecule has 3 rings (SSSR count). The van der Waals surface area contributed by atoms with E-state index < -0.39 is 27.6 Å². The van der Waals surface area contributed by atoms with Gasteiger partial charge in [0.15, 0.2) is 0 Å². The minimum absolute atomic E-state index is 0.00455. The number of carbonyl (C=O) groups excluding carboxylic acids is 2. The predicted molar refractivity (Wildman–Crippen MR) is 117 cm³/mol. The first-order valence-corrected chi connectivity index (χ1v) is 11.4. The molecule has 0 aromatic heterocycles. The quantitative estimate of drug-likeness (QED) is 0.354. The van der Waals surface area contributed by atoms with Gasteiger partial charge in [-0.3, -0.25) is 25.2 Å². The van der Waals surface area contributed by atoms with Crippen LogP contribution < -0.4 is 15.6 Å². The third-order valence-corrected chi connectivity index (χ3v) is 6.17. The lowest BCUT2D eigenvalue weighted by Gasteiger charge is -2.11. The van der Waals surface area contributed by atoms with Gasteiger partial charge < -0.3 is 0 Å². The highest BCUT2D eigenvalue weighted by molar-refractivity contribution is 7.99. The van der Waals surface area contributed by atoms with Crippen LogP contribution in [-0.2, 0) is 10.0 Å². The number of sulfonamides is 1. The maximum absolute atomic E-state index is 12.7. The van der Waals surface area contributed by atoms with Crippen molar-refractivity contribution in [3.8, 4) is 0 Å². The van der Waals surface area contributed by atoms with E-state index in [0.29, 0.717) is 22.2 Å². The number of hydrogen-bond donors (Lipinski definition) is 3. The number of hydrogen-bond acceptors (Lipinski definition) is 5. The summed E-state index contributed by atoms with van der Waals surface area (Å²) < 4.78 is 52.4. The second-order valence-corrected chi connectivity index (χ2v) is 9.06. The molecule has 0 heterocycles. The maximum atomic E-state index is 12.7. The van der Waals surface area contributed by atoms with Crippen molar-refractivity contribution in [1.82, 2.24) is 10.9 Å². The average molecular weight is 478 g/mol. The number of amides is 2. The van der Waals surface area contributed by atoms with E-state index in [2.05, 4.69) is 15.6 Å². The topological polar surface area (TPSA) is 104 Å². The molecule has 166 valence electrons. The SMILES string of the molecule is O=C(NNC(=O)c1cccc(S(=O)(=O)Nc2ccc(SC(F)F)cc2)c1)c1ccccc1. The molecule has 7 nitrogen and oxygen atoms in total. The molecule has 0 saturated heterocycles. The summed E-state index contributed by atoms with van der Waals surface area (Å²) in [5.41, 5.74) is 5.00. The van der Waals surface area contributed by atoms with E-state index in [0.717, 1.165) is 6.07 Å². The van der Waals surface area contributed by atoms with Crippen LogP contribution in [-0.4, -0.2) is 26.0 Å². The van der Waals surface area contributed by atoms with Crippen LogP contribution in [0, 0.1) is 0 Å². The van der Waals surface area contributed by atoms with Crippen molar-refractivity contribution in [3.63, 3.8) is 0 Å². The van der Waals surface area contributed by atoms with Crippen LogP contribution >= 0.6 is 11.8 Å². The van der Waals surface area contributed by atoms with Gasteiger partial charge in [-0.1, -0.05) is 36.0 Å². The third kappa shape index (κ3) is 6.28. The molecule has 3 aromatic rings. The van der Waals surface area contributed by atoms with Gasteiger partial charge in [-0.15, -0.1) is 0 Å². The zero-order chi connectivity index (χ0) is 23.1. The fourth-order valence-electron chi connectivity index (χ4n) is 2.57. The zero-order valence-electron chi connectivity index (χ0n) is 16.3. The fourth-order valence-corrected chi connectivity index (χ4v) is 4.17. The van der Waals surface area contributed by atoms with Crippen molar-refractivity contribution < 1.29 is 26.8 Å². The van der Waals surface area contributed by atoms with Gasteiger partial charge in [-0.05, 0) is 54.6 Å². The molecule has 0 aliphatic rings. The summed E-state index contributed by atoms with van der Waals surface area (Å²) in [4.78, 5) is 24.5. The molecule has 0 fully saturated rings. The van der Waals surface area contributed by atoms with Crippen LogP contribution in [0.3, 0.4) is 0 Å². The average Bonchev–Trinajstić information content (AvgIpc) is 2.78. The smallest absolute Gasteiger partial charge is 0.280 e. The lowest BCUT2D eigenvalue weighted by molar-refractivity contribution is 0.0846. The molecule has 2 amide bonds. The van der Waals surface area contributed by atoms with Crippen molar-refractivity contribution in [2.75, 3.05) is 4.72 Å². The summed E-state index contributed by atoms with van der Waals surface area (Å²) >= 11 is 0.347. The Bertz CT molecular complexity index is 1210. The molecular weight excluding hydrogens is 460 g/mol. The van der Waals surface area contributed by atoms with Crippen LogP contribution in [0.2, 0.25) is 0 Å². The van der Waals surface area contributed by atoms with E-state index in [1.165, 1.54) is 42.5 Å². The molecule has 0 aliphatic heterocycles. The van der Waals surface area contributed by atoms with E-state index in [-0.39, 0.29) is 16.1 Å². The first-order valence-electron chi connectivity index (χ1n) is 9.08. The molecule has 32 heavy (non-hydrogen) atoms. The summed E-state index contributed by atoms with van der Waals surface area (Å²) in [6.45, 7) is 0. The lowest BCUT2D eigenvalue weighted by atomic mass is 10.2. The van der Waals surface area contributed by atoms with Crippen LogP contribution in [0.1, 0.15) is 20.7 Å². The molecule has 0 saturated carbocycles. The Labute approximate surface area is 187 Å². The molecule has 0 radical (unpaired) electrons. The zero-order valence-corrected chi connectivity index (χ0v) is 17.9. The molecular formula is C21H17F2N3O4S2. The standard InChI is InChI=1S/C21H17F2N3O4S2/c22-21(23)31-17-11-9-16(10-12-17)26-32(29,30)18-8-4-7-15(13-18)20(28)25-24-19(27)14-5-2-1-3-6-14/h1-13,21,26H,(H,24,27)(H,25,28). The maximum Gasteiger partial charge on any atom is 0.288 e. The number of nitrogens with one attached hydrogen (secondary N) is 3. The van der Waals surface area contributed by atoms with E-state index >= 15 is 0 Å². The van der Waals surface area contributed by atoms with Gasteiger partial charge in [0.25, 0.3) is 27.6 Å². The van der Waals surface area contributed by atoms with Gasteiger partial charge in [0.2, 0.25) is 0 Å². The van der Waals surface area contributed by atoms with Gasteiger partial charge in [-0.2, -0.15) is 8.78 Å². The van der Waals surface area contributed by atoms with E-state index in [1.807, 2.05) is 0 Å². The van der Waals surface area contributed by atoms with Crippen LogP contribution in [0.4, 0.5) is 14.5 Å². The Morgan fingerprint density at radius 2 is 1.38 bits per heavy atom. The largest absolute Gasteiger partial charge is 0.288 e. The van der Waals surface area contributed by atoms with Crippen molar-refractivity contribution in [2.45, 2.75) is 15.5 Å². The normalized spacial score (nSPS) is 11.1. The molecule has 3 N–H and O–H groups in total. The van der Waals surface area contributed by atoms with Crippen molar-refractivity contribution in [3.05, 3.63) is 90.0 Å². The summed E-state index contributed by atoms with van der Waals surface area (Å²) in [5.74, 6) is -3.82. The van der Waals surface area contributed by atoms with E-state index in [1.54, 1.807) is 30.3 Å². The summed E-state index contributed by atoms with van der Waals surface area (Å²) in [5, 5.41) is 0. The first kappa shape index (κ1) is 23.2. The Morgan fingerprint density at radius 3 is 2.00 bits per heavy atom. The number of benzene rings is 3. The Balaban J connectivity index is 1.67. The fraction of sp³-hybridized carbons (Fsp3) is 0.0476. The van der Waals surface area contributed by atoms with Crippen LogP contribution in [0.5, 0.6) is 0 Å². The second kappa shape index (κ2) is 10.2. The minimum atomic E-state index is -4.05. The summed E-state index contributed by atoms with van der Waals surface area (Å²) in [6, 6.07) is 18.9. The molecule has 0 unspecified atom stereocenters. The number of thioether (sulfide) groups is 1. The number of hydrazine groups is 1. The monoisotopic (exact) mass is 477 g/mol. The molecule has 0 spiro atoms. The molecule has 0 atom stereocenters. The Hall–Kier alpha value is -3.44. The van der Waals surface area contributed by atoms with Gasteiger partial charge in [0.05, 0.1) is 4.90 Å². The van der Waals surface area contributed by atoms with Gasteiger partial charge >= 0.3 is 0 Å². The molecule has 0 aliphatic carbocycles. The van der Waals surface area contributed by atoms with Crippen molar-refractivity contribution >= 4 is 39.3 Å². The van der Waals surface area contributed by atoms with E-state index in [4.69, 9.17) is 0 Å². The Morgan fingerprint density at radius 1 is 0.781 bits per heavy atom. The Kier molecular flexibility index (Phi) is 7.44. The number of anilines is 1. The highest BCUT2D eigenvalue weighted by Gasteiger charge is 2.17. The summed E-state index contributed by atoms with van der Waals surface area (Å²) in [6.07, 6.45) is 0. The van der Waals surface area contributed by atoms with Crippen LogP contribution in [0.15, 0.2) is 88.7 Å². The minimum Gasteiger partial charge on any atom is -0.280 e. The third-order valence-electron chi connectivity index (χ3n) is 4.06. The number of carbonyl (C=O) groups is 2. The molecule has 3 aromatic carbocycles. The van der Waals surface area contributed by atoms with Crippen molar-refractivity contribution in [2.24, 2.45) is 0 Å². The van der Waals surface area contributed by atoms with Crippen LogP contribution in [0.25, 0.3) is 0 Å². The van der Waals surface area contributed by atoms with E-state index in [9.17, 15) is 26.8 Å². The number of rotatable bonds is 7. The van der Waals surface area contributed by atoms with Gasteiger partial charge in [0.1, 0.15) is 0 Å². The summed E-state index contributed by atoms with van der Waals surface area (Å²) in [7, 11) is -4.05. The highest BCUT2D eigenvalue weighted by Crippen LogP contribution is 2.27. The first-order chi connectivity index (χ1) is 15.2. The molecule has 11 heteroatoms. The molecule has 0 bridgehead atoms. The van der Waals surface area contributed by atoms with Gasteiger partial charge in [-0.25, -0.2) is 8.42 Å². The highest BCUT2D eigenvalue weighted by atomic mass is 32.2. The van der Waals surface area contributed by atoms with Crippen molar-refractivity contribution in [1.29, 1.82) is 0 Å². The second-order valence-electron chi connectivity index (χ2n) is 6.31. The van der Waals surface area contributed by atoms with Gasteiger partial charge in [0, 0.05) is 21.7 Å². The number of halogens is 2. The number of alkyl halides is 2. The lowest BCUT2D eigenvalue weighted by Crippen LogP contribution is -2.41. The predicted octanol–water partition coefficient (Wildman–Crippen LogP) is 3.88.